The monoisotopic (exact) mass is 375 g/mol. The van der Waals surface area contributed by atoms with E-state index < -0.39 is 6.04 Å². The van der Waals surface area contributed by atoms with Crippen LogP contribution in [0.15, 0.2) is 54.6 Å². The van der Waals surface area contributed by atoms with Crippen molar-refractivity contribution in [1.29, 1.82) is 0 Å². The van der Waals surface area contributed by atoms with E-state index in [4.69, 9.17) is 5.73 Å². The first kappa shape index (κ1) is 21.7. The summed E-state index contributed by atoms with van der Waals surface area (Å²) in [7, 11) is 3.44. The average molecular weight is 376 g/mol. The number of nitrogens with two attached hydrogens (primary N) is 1. The summed E-state index contributed by atoms with van der Waals surface area (Å²) in [4.78, 5) is 27.9. The van der Waals surface area contributed by atoms with E-state index in [1.54, 1.807) is 31.1 Å². The SMILES string of the molecule is CCN(Cc1ccc(C(=O)N(C)C)cc1)C(=O)C(N)c1ccccc1.Cl. The first-order valence-corrected chi connectivity index (χ1v) is 8.34. The number of carbonyl (C=O) groups is 2. The van der Waals surface area contributed by atoms with Crippen LogP contribution in [0.25, 0.3) is 0 Å². The van der Waals surface area contributed by atoms with Crippen molar-refractivity contribution in [2.24, 2.45) is 5.73 Å². The third kappa shape index (κ3) is 5.31. The molecule has 1 unspecified atom stereocenters. The molecule has 0 aliphatic rings. The van der Waals surface area contributed by atoms with Gasteiger partial charge >= 0.3 is 0 Å². The van der Waals surface area contributed by atoms with E-state index in [1.807, 2.05) is 49.4 Å². The molecular weight excluding hydrogens is 350 g/mol. The summed E-state index contributed by atoms with van der Waals surface area (Å²) < 4.78 is 0. The van der Waals surface area contributed by atoms with Gasteiger partial charge in [0.25, 0.3) is 5.91 Å². The Morgan fingerprint density at radius 3 is 2.08 bits per heavy atom. The first-order chi connectivity index (χ1) is 11.9. The molecule has 0 heterocycles. The predicted molar refractivity (Wildman–Crippen MR) is 106 cm³/mol. The van der Waals surface area contributed by atoms with Crippen molar-refractivity contribution in [2.75, 3.05) is 20.6 Å². The lowest BCUT2D eigenvalue weighted by molar-refractivity contribution is -0.133. The molecule has 5 nitrogen and oxygen atoms in total. The molecule has 2 N–H and O–H groups in total. The normalized spacial score (nSPS) is 11.2. The number of amides is 2. The van der Waals surface area contributed by atoms with Gasteiger partial charge in [0, 0.05) is 32.7 Å². The van der Waals surface area contributed by atoms with Gasteiger partial charge in [-0.2, -0.15) is 0 Å². The minimum absolute atomic E-state index is 0. The van der Waals surface area contributed by atoms with Gasteiger partial charge in [0.15, 0.2) is 0 Å². The van der Waals surface area contributed by atoms with E-state index >= 15 is 0 Å². The second kappa shape index (κ2) is 9.94. The summed E-state index contributed by atoms with van der Waals surface area (Å²) in [5, 5.41) is 0. The number of likely N-dealkylation sites (N-methyl/N-ethyl adjacent to an activating group) is 1. The van der Waals surface area contributed by atoms with E-state index in [0.29, 0.717) is 18.7 Å². The van der Waals surface area contributed by atoms with Crippen LogP contribution in [-0.4, -0.2) is 42.3 Å². The highest BCUT2D eigenvalue weighted by atomic mass is 35.5. The van der Waals surface area contributed by atoms with Gasteiger partial charge in [0.2, 0.25) is 5.91 Å². The average Bonchev–Trinajstić information content (AvgIpc) is 2.65. The fourth-order valence-corrected chi connectivity index (χ4v) is 2.58. The number of carbonyl (C=O) groups excluding carboxylic acids is 2. The molecule has 0 spiro atoms. The molecule has 2 amide bonds. The largest absolute Gasteiger partial charge is 0.345 e. The minimum Gasteiger partial charge on any atom is -0.345 e. The molecule has 0 saturated carbocycles. The molecule has 0 radical (unpaired) electrons. The van der Waals surface area contributed by atoms with Crippen LogP contribution in [0, 0.1) is 0 Å². The standard InChI is InChI=1S/C20H25N3O2.ClH/c1-4-23(20(25)18(21)16-8-6-5-7-9-16)14-15-10-12-17(13-11-15)19(24)22(2)3;/h5-13,18H,4,14,21H2,1-3H3;1H. The van der Waals surface area contributed by atoms with E-state index in [0.717, 1.165) is 11.1 Å². The summed E-state index contributed by atoms with van der Waals surface area (Å²) in [5.41, 5.74) is 8.52. The smallest absolute Gasteiger partial charge is 0.253 e. The van der Waals surface area contributed by atoms with Crippen molar-refractivity contribution in [3.8, 4) is 0 Å². The third-order valence-electron chi connectivity index (χ3n) is 4.10. The Bertz CT molecular complexity index is 718. The van der Waals surface area contributed by atoms with E-state index in [2.05, 4.69) is 0 Å². The summed E-state index contributed by atoms with van der Waals surface area (Å²) >= 11 is 0. The van der Waals surface area contributed by atoms with Crippen LogP contribution in [0.2, 0.25) is 0 Å². The van der Waals surface area contributed by atoms with E-state index in [-0.39, 0.29) is 24.2 Å². The van der Waals surface area contributed by atoms with Gasteiger partial charge in [-0.1, -0.05) is 42.5 Å². The van der Waals surface area contributed by atoms with Crippen molar-refractivity contribution >= 4 is 24.2 Å². The van der Waals surface area contributed by atoms with E-state index in [1.165, 1.54) is 4.90 Å². The summed E-state index contributed by atoms with van der Waals surface area (Å²) in [6, 6.07) is 16.0. The highest BCUT2D eigenvalue weighted by Gasteiger charge is 2.21. The highest BCUT2D eigenvalue weighted by Crippen LogP contribution is 2.15. The molecule has 6 heteroatoms. The Morgan fingerprint density at radius 2 is 1.58 bits per heavy atom. The van der Waals surface area contributed by atoms with Crippen molar-refractivity contribution in [1.82, 2.24) is 9.80 Å². The van der Waals surface area contributed by atoms with Crippen LogP contribution in [-0.2, 0) is 11.3 Å². The zero-order chi connectivity index (χ0) is 18.4. The van der Waals surface area contributed by atoms with Crippen LogP contribution < -0.4 is 5.73 Å². The molecule has 26 heavy (non-hydrogen) atoms. The van der Waals surface area contributed by atoms with Crippen LogP contribution in [0.5, 0.6) is 0 Å². The van der Waals surface area contributed by atoms with Crippen LogP contribution in [0.1, 0.15) is 34.5 Å². The topological polar surface area (TPSA) is 66.6 Å². The Kier molecular flexibility index (Phi) is 8.29. The lowest BCUT2D eigenvalue weighted by Crippen LogP contribution is -2.38. The van der Waals surface area contributed by atoms with Crippen LogP contribution in [0.3, 0.4) is 0 Å². The summed E-state index contributed by atoms with van der Waals surface area (Å²) in [5.74, 6) is -0.150. The molecule has 0 aromatic heterocycles. The number of nitrogens with zero attached hydrogens (tertiary/aromatic N) is 2. The second-order valence-corrected chi connectivity index (χ2v) is 6.14. The van der Waals surface area contributed by atoms with Gasteiger partial charge < -0.3 is 15.5 Å². The number of hydrogen-bond donors (Lipinski definition) is 1. The molecule has 0 aliphatic carbocycles. The number of hydrogen-bond acceptors (Lipinski definition) is 3. The van der Waals surface area contributed by atoms with E-state index in [9.17, 15) is 9.59 Å². The fraction of sp³-hybridized carbons (Fsp3) is 0.300. The maximum Gasteiger partial charge on any atom is 0.253 e. The third-order valence-corrected chi connectivity index (χ3v) is 4.10. The molecular formula is C20H26ClN3O2. The Balaban J connectivity index is 0.00000338. The predicted octanol–water partition coefficient (Wildman–Crippen LogP) is 2.86. The maximum absolute atomic E-state index is 12.7. The molecule has 0 aliphatic heterocycles. The number of rotatable bonds is 6. The van der Waals surface area contributed by atoms with Gasteiger partial charge in [-0.05, 0) is 30.2 Å². The van der Waals surface area contributed by atoms with Crippen molar-refractivity contribution in [3.63, 3.8) is 0 Å². The molecule has 2 aromatic carbocycles. The molecule has 2 rings (SSSR count). The Hall–Kier alpha value is -2.37. The van der Waals surface area contributed by atoms with Crippen molar-refractivity contribution < 1.29 is 9.59 Å². The molecule has 0 saturated heterocycles. The minimum atomic E-state index is -0.671. The summed E-state index contributed by atoms with van der Waals surface area (Å²) in [6.45, 7) is 2.96. The van der Waals surface area contributed by atoms with Gasteiger partial charge in [0.05, 0.1) is 0 Å². The Labute approximate surface area is 161 Å². The van der Waals surface area contributed by atoms with Crippen LogP contribution >= 0.6 is 12.4 Å². The summed E-state index contributed by atoms with van der Waals surface area (Å²) in [6.07, 6.45) is 0. The number of benzene rings is 2. The molecule has 0 fully saturated rings. The zero-order valence-electron chi connectivity index (χ0n) is 15.4. The van der Waals surface area contributed by atoms with Crippen molar-refractivity contribution in [3.05, 3.63) is 71.3 Å². The first-order valence-electron chi connectivity index (χ1n) is 8.34. The molecule has 0 bridgehead atoms. The van der Waals surface area contributed by atoms with Crippen LogP contribution in [0.4, 0.5) is 0 Å². The highest BCUT2D eigenvalue weighted by molar-refractivity contribution is 5.93. The second-order valence-electron chi connectivity index (χ2n) is 6.14. The lowest BCUT2D eigenvalue weighted by Gasteiger charge is -2.25. The lowest BCUT2D eigenvalue weighted by atomic mass is 10.1. The van der Waals surface area contributed by atoms with Gasteiger partial charge in [-0.15, -0.1) is 12.4 Å². The number of halogens is 1. The van der Waals surface area contributed by atoms with Crippen molar-refractivity contribution in [2.45, 2.75) is 19.5 Å². The quantitative estimate of drug-likeness (QED) is 0.844. The molecule has 2 aromatic rings. The van der Waals surface area contributed by atoms with Gasteiger partial charge in [-0.25, -0.2) is 0 Å². The van der Waals surface area contributed by atoms with Gasteiger partial charge in [-0.3, -0.25) is 9.59 Å². The molecule has 1 atom stereocenters. The fourth-order valence-electron chi connectivity index (χ4n) is 2.58. The van der Waals surface area contributed by atoms with Gasteiger partial charge in [0.1, 0.15) is 6.04 Å². The zero-order valence-corrected chi connectivity index (χ0v) is 16.2. The maximum atomic E-state index is 12.7. The molecule has 140 valence electrons. The Morgan fingerprint density at radius 1 is 1.00 bits per heavy atom.